The highest BCUT2D eigenvalue weighted by molar-refractivity contribution is 5.94. The molecule has 1 aromatic heterocycles. The second-order valence-electron chi connectivity index (χ2n) is 8.22. The van der Waals surface area contributed by atoms with Crippen LogP contribution in [0.5, 0.6) is 0 Å². The molecule has 3 heterocycles. The van der Waals surface area contributed by atoms with Gasteiger partial charge in [-0.25, -0.2) is 13.6 Å². The van der Waals surface area contributed by atoms with Gasteiger partial charge in [0.2, 0.25) is 5.43 Å². The highest BCUT2D eigenvalue weighted by Gasteiger charge is 2.51. The van der Waals surface area contributed by atoms with E-state index < -0.39 is 34.2 Å². The number of aromatic carboxylic acids is 1. The molecule has 1 aliphatic carbocycles. The molecule has 0 bridgehead atoms. The zero-order valence-corrected chi connectivity index (χ0v) is 15.7. The summed E-state index contributed by atoms with van der Waals surface area (Å²) in [4.78, 5) is 25.6. The quantitative estimate of drug-likeness (QED) is 0.806. The van der Waals surface area contributed by atoms with Gasteiger partial charge in [0.05, 0.1) is 10.9 Å². The Morgan fingerprint density at radius 1 is 1.34 bits per heavy atom. The smallest absolute Gasteiger partial charge is 0.341 e. The molecule has 5 rings (SSSR count). The van der Waals surface area contributed by atoms with E-state index in [0.717, 1.165) is 25.3 Å². The first kappa shape index (κ1) is 18.5. The van der Waals surface area contributed by atoms with Gasteiger partial charge in [0, 0.05) is 44.4 Å². The molecule has 2 atom stereocenters. The van der Waals surface area contributed by atoms with Gasteiger partial charge in [-0.1, -0.05) is 0 Å². The highest BCUT2D eigenvalue weighted by atomic mass is 19.1. The Morgan fingerprint density at radius 3 is 2.72 bits per heavy atom. The Labute approximate surface area is 164 Å². The van der Waals surface area contributed by atoms with Crippen molar-refractivity contribution in [1.82, 2.24) is 4.57 Å². The normalized spacial score (nSPS) is 26.3. The Hall–Kier alpha value is -2.52. The lowest BCUT2D eigenvalue weighted by Gasteiger charge is -2.27. The van der Waals surface area contributed by atoms with E-state index in [1.165, 1.54) is 10.8 Å². The van der Waals surface area contributed by atoms with Crippen molar-refractivity contribution in [3.05, 3.63) is 39.7 Å². The Balaban J connectivity index is 1.71. The van der Waals surface area contributed by atoms with Crippen molar-refractivity contribution in [3.8, 4) is 0 Å². The Bertz CT molecular complexity index is 1100. The summed E-state index contributed by atoms with van der Waals surface area (Å²) in [7, 11) is 0. The molecule has 2 aliphatic heterocycles. The van der Waals surface area contributed by atoms with Crippen LogP contribution < -0.4 is 16.1 Å². The third-order valence-electron chi connectivity index (χ3n) is 6.52. The Morgan fingerprint density at radius 2 is 2.10 bits per heavy atom. The summed E-state index contributed by atoms with van der Waals surface area (Å²) < 4.78 is 38.0. The van der Waals surface area contributed by atoms with Crippen molar-refractivity contribution in [2.24, 2.45) is 11.7 Å². The summed E-state index contributed by atoms with van der Waals surface area (Å²) in [6, 6.07) is 0.867. The largest absolute Gasteiger partial charge is 0.477 e. The lowest BCUT2D eigenvalue weighted by molar-refractivity contribution is 0.0126. The third-order valence-corrected chi connectivity index (χ3v) is 6.52. The van der Waals surface area contributed by atoms with Crippen molar-refractivity contribution in [2.75, 3.05) is 31.1 Å². The van der Waals surface area contributed by atoms with E-state index >= 15 is 8.78 Å². The molecule has 0 amide bonds. The molecular formula is C20H21F2N3O4. The Kier molecular flexibility index (Phi) is 3.98. The van der Waals surface area contributed by atoms with Crippen molar-refractivity contribution >= 4 is 22.6 Å². The number of pyridine rings is 1. The summed E-state index contributed by atoms with van der Waals surface area (Å²) in [5.41, 5.74) is 3.68. The van der Waals surface area contributed by atoms with Crippen LogP contribution in [0.3, 0.4) is 0 Å². The summed E-state index contributed by atoms with van der Waals surface area (Å²) in [5.74, 6) is -3.05. The summed E-state index contributed by atoms with van der Waals surface area (Å²) in [6.45, 7) is 1.53. The molecule has 2 saturated heterocycles. The van der Waals surface area contributed by atoms with Crippen LogP contribution in [0.15, 0.2) is 17.1 Å². The van der Waals surface area contributed by atoms with Crippen LogP contribution >= 0.6 is 0 Å². The number of halogens is 2. The maximum atomic E-state index is 15.7. The number of carboxylic acid groups (broad SMARTS) is 1. The van der Waals surface area contributed by atoms with Crippen LogP contribution in [0.4, 0.5) is 14.5 Å². The molecule has 3 N–H and O–H groups in total. The lowest BCUT2D eigenvalue weighted by atomic mass is 9.91. The van der Waals surface area contributed by atoms with Crippen molar-refractivity contribution in [2.45, 2.75) is 30.9 Å². The molecule has 0 spiro atoms. The van der Waals surface area contributed by atoms with Crippen LogP contribution in [-0.2, 0) is 4.74 Å². The van der Waals surface area contributed by atoms with Gasteiger partial charge in [0.15, 0.2) is 5.82 Å². The van der Waals surface area contributed by atoms with Crippen molar-refractivity contribution in [1.29, 1.82) is 0 Å². The van der Waals surface area contributed by atoms with Gasteiger partial charge in [-0.2, -0.15) is 0 Å². The van der Waals surface area contributed by atoms with Crippen LogP contribution in [0, 0.1) is 17.6 Å². The maximum Gasteiger partial charge on any atom is 0.341 e. The second kappa shape index (κ2) is 6.24. The predicted molar refractivity (Wildman–Crippen MR) is 101 cm³/mol. The number of carbonyl (C=O) groups is 1. The van der Waals surface area contributed by atoms with Gasteiger partial charge in [-0.3, -0.25) is 4.79 Å². The van der Waals surface area contributed by atoms with Gasteiger partial charge in [0.1, 0.15) is 22.7 Å². The highest BCUT2D eigenvalue weighted by Crippen LogP contribution is 2.44. The maximum absolute atomic E-state index is 15.7. The average Bonchev–Trinajstić information content (AvgIpc) is 3.34. The number of hydrogen-bond acceptors (Lipinski definition) is 5. The van der Waals surface area contributed by atoms with Crippen LogP contribution in [-0.4, -0.2) is 47.5 Å². The minimum atomic E-state index is -1.41. The fourth-order valence-corrected chi connectivity index (χ4v) is 4.85. The molecule has 7 nitrogen and oxygen atoms in total. The van der Waals surface area contributed by atoms with Gasteiger partial charge in [0.25, 0.3) is 0 Å². The fourth-order valence-electron chi connectivity index (χ4n) is 4.85. The number of anilines is 1. The molecule has 9 heteroatoms. The van der Waals surface area contributed by atoms with Gasteiger partial charge >= 0.3 is 5.97 Å². The van der Waals surface area contributed by atoms with Gasteiger partial charge in [-0.05, 0) is 25.3 Å². The SMILES string of the molecule is NC[C@]12CN(c3c(F)cc4c(=O)c(C(=O)O)cn(C5CC5)c4c3F)C[C@H]1CCO2. The average molecular weight is 405 g/mol. The number of benzene rings is 1. The number of nitrogens with two attached hydrogens (primary N) is 1. The van der Waals surface area contributed by atoms with Crippen LogP contribution in [0.25, 0.3) is 10.9 Å². The number of hydrogen-bond donors (Lipinski definition) is 2. The standard InChI is InChI=1S/C20H21F2N3O4/c21-14-5-12-16(25(11-1-2-11)7-13(18(12)26)19(27)28)15(22)17(14)24-6-10-3-4-29-20(10,8-23)9-24/h5,7,10-11H,1-4,6,8-9,23H2,(H,27,28)/t10-,20+/m1/s1. The number of nitrogens with zero attached hydrogens (tertiary/aromatic N) is 2. The van der Waals surface area contributed by atoms with Gasteiger partial charge < -0.3 is 25.0 Å². The first-order valence-electron chi connectivity index (χ1n) is 9.75. The first-order chi connectivity index (χ1) is 13.9. The second-order valence-corrected chi connectivity index (χ2v) is 8.22. The number of carboxylic acids is 1. The van der Waals surface area contributed by atoms with E-state index in [4.69, 9.17) is 10.5 Å². The molecule has 1 aromatic carbocycles. The molecule has 154 valence electrons. The minimum absolute atomic E-state index is 0.0429. The zero-order valence-electron chi connectivity index (χ0n) is 15.7. The fraction of sp³-hybridized carbons (Fsp3) is 0.500. The molecule has 3 fully saturated rings. The number of fused-ring (bicyclic) bond motifs is 2. The van der Waals surface area contributed by atoms with Crippen LogP contribution in [0.1, 0.15) is 35.7 Å². The van der Waals surface area contributed by atoms with E-state index in [-0.39, 0.29) is 41.6 Å². The molecule has 2 aromatic rings. The number of rotatable bonds is 4. The first-order valence-corrected chi connectivity index (χ1v) is 9.75. The van der Waals surface area contributed by atoms with E-state index in [0.29, 0.717) is 13.2 Å². The van der Waals surface area contributed by atoms with Crippen molar-refractivity contribution < 1.29 is 23.4 Å². The van der Waals surface area contributed by atoms with E-state index in [2.05, 4.69) is 0 Å². The summed E-state index contributed by atoms with van der Waals surface area (Å²) >= 11 is 0. The monoisotopic (exact) mass is 405 g/mol. The molecule has 29 heavy (non-hydrogen) atoms. The van der Waals surface area contributed by atoms with E-state index in [1.54, 1.807) is 4.90 Å². The summed E-state index contributed by atoms with van der Waals surface area (Å²) in [6.07, 6.45) is 3.45. The topological polar surface area (TPSA) is 97.8 Å². The zero-order chi connectivity index (χ0) is 20.5. The summed E-state index contributed by atoms with van der Waals surface area (Å²) in [5, 5.41) is 9.08. The molecule has 3 aliphatic rings. The van der Waals surface area contributed by atoms with Gasteiger partial charge in [-0.15, -0.1) is 0 Å². The van der Waals surface area contributed by atoms with E-state index in [9.17, 15) is 14.7 Å². The lowest BCUT2D eigenvalue weighted by Crippen LogP contribution is -2.44. The van der Waals surface area contributed by atoms with Crippen LogP contribution in [0.2, 0.25) is 0 Å². The number of ether oxygens (including phenoxy) is 1. The minimum Gasteiger partial charge on any atom is -0.477 e. The molecule has 0 unspecified atom stereocenters. The molecule has 1 saturated carbocycles. The molecular weight excluding hydrogens is 384 g/mol. The van der Waals surface area contributed by atoms with Crippen molar-refractivity contribution in [3.63, 3.8) is 0 Å². The molecule has 0 radical (unpaired) electrons. The predicted octanol–water partition coefficient (Wildman–Crippen LogP) is 1.87. The number of aromatic nitrogens is 1. The van der Waals surface area contributed by atoms with E-state index in [1.807, 2.05) is 0 Å². The third kappa shape index (κ3) is 2.60.